The monoisotopic (exact) mass is 498 g/mol. The maximum absolute atomic E-state index is 12.8. The molecule has 9 nitrogen and oxygen atoms in total. The summed E-state index contributed by atoms with van der Waals surface area (Å²) in [6.45, 7) is 1.65. The lowest BCUT2D eigenvalue weighted by molar-refractivity contribution is 0.0938. The lowest BCUT2D eigenvalue weighted by atomic mass is 10.1. The first-order valence-electron chi connectivity index (χ1n) is 10.2. The summed E-state index contributed by atoms with van der Waals surface area (Å²) < 4.78 is 2.87. The Balaban J connectivity index is 2.00. The minimum absolute atomic E-state index is 0.0834. The van der Waals surface area contributed by atoms with E-state index in [4.69, 9.17) is 34.0 Å². The van der Waals surface area contributed by atoms with E-state index in [1.165, 1.54) is 16.8 Å². The van der Waals surface area contributed by atoms with Crippen molar-refractivity contribution in [1.29, 1.82) is 0 Å². The number of hydrogen-bond donors (Lipinski definition) is 3. The Morgan fingerprint density at radius 2 is 1.79 bits per heavy atom. The van der Waals surface area contributed by atoms with Crippen LogP contribution < -0.4 is 16.7 Å². The second-order valence-electron chi connectivity index (χ2n) is 7.36. The Labute approximate surface area is 204 Å². The van der Waals surface area contributed by atoms with Crippen molar-refractivity contribution >= 4 is 34.9 Å². The predicted molar refractivity (Wildman–Crippen MR) is 131 cm³/mol. The number of aromatic nitrogens is 4. The molecular weight excluding hydrogens is 479 g/mol. The van der Waals surface area contributed by atoms with Gasteiger partial charge in [-0.05, 0) is 43.3 Å². The van der Waals surface area contributed by atoms with Gasteiger partial charge in [0.2, 0.25) is 0 Å². The lowest BCUT2D eigenvalue weighted by Gasteiger charge is -2.15. The molecule has 0 aliphatic carbocycles. The van der Waals surface area contributed by atoms with Gasteiger partial charge in [0, 0.05) is 33.9 Å². The van der Waals surface area contributed by atoms with Crippen molar-refractivity contribution in [3.8, 4) is 22.6 Å². The number of nitrogen functional groups attached to an aromatic ring is 1. The molecule has 0 fully saturated rings. The molecule has 4 rings (SSSR count). The lowest BCUT2D eigenvalue weighted by Crippen LogP contribution is -2.27. The van der Waals surface area contributed by atoms with Gasteiger partial charge >= 0.3 is 5.69 Å². The van der Waals surface area contributed by atoms with Gasteiger partial charge in [-0.3, -0.25) is 9.36 Å². The molecule has 0 aliphatic heterocycles. The van der Waals surface area contributed by atoms with Crippen molar-refractivity contribution in [2.24, 2.45) is 0 Å². The molecule has 0 saturated carbocycles. The Morgan fingerprint density at radius 1 is 1.09 bits per heavy atom. The number of benzene rings is 2. The molecule has 0 spiro atoms. The van der Waals surface area contributed by atoms with Gasteiger partial charge in [0.1, 0.15) is 5.82 Å². The number of carbonyl (C=O) groups excluding carboxylic acids is 1. The second-order valence-corrected chi connectivity index (χ2v) is 8.23. The quantitative estimate of drug-likeness (QED) is 0.374. The van der Waals surface area contributed by atoms with E-state index in [0.29, 0.717) is 32.7 Å². The van der Waals surface area contributed by atoms with Crippen molar-refractivity contribution in [2.75, 3.05) is 18.9 Å². The zero-order valence-electron chi connectivity index (χ0n) is 18.0. The summed E-state index contributed by atoms with van der Waals surface area (Å²) in [5, 5.41) is 17.2. The van der Waals surface area contributed by atoms with E-state index >= 15 is 0 Å². The normalized spacial score (nSPS) is 10.9. The highest BCUT2D eigenvalue weighted by Gasteiger charge is 2.24. The molecule has 0 atom stereocenters. The zero-order valence-corrected chi connectivity index (χ0v) is 19.5. The number of amides is 1. The van der Waals surface area contributed by atoms with E-state index in [9.17, 15) is 9.59 Å². The van der Waals surface area contributed by atoms with Crippen LogP contribution in [0.3, 0.4) is 0 Å². The summed E-state index contributed by atoms with van der Waals surface area (Å²) in [7, 11) is 0. The van der Waals surface area contributed by atoms with E-state index in [1.54, 1.807) is 41.9 Å². The molecule has 0 bridgehead atoms. The van der Waals surface area contributed by atoms with Gasteiger partial charge in [0.25, 0.3) is 5.91 Å². The predicted octanol–water partition coefficient (Wildman–Crippen LogP) is 3.00. The SMILES string of the molecule is Cc1c(C(=O)NCCO)nn(-c2ccc(Cl)cc2-n2ccc(N)nc2=O)c1-c1ccc(Cl)cc1. The fourth-order valence-electron chi connectivity index (χ4n) is 3.55. The van der Waals surface area contributed by atoms with Gasteiger partial charge in [-0.1, -0.05) is 35.3 Å². The molecule has 174 valence electrons. The molecule has 1 amide bonds. The fourth-order valence-corrected chi connectivity index (χ4v) is 3.85. The third-order valence-corrected chi connectivity index (χ3v) is 5.59. The van der Waals surface area contributed by atoms with Gasteiger partial charge in [0.15, 0.2) is 5.69 Å². The summed E-state index contributed by atoms with van der Waals surface area (Å²) in [5.74, 6) is -0.355. The average Bonchev–Trinajstić information content (AvgIpc) is 3.15. The summed E-state index contributed by atoms with van der Waals surface area (Å²) in [6.07, 6.45) is 1.49. The van der Waals surface area contributed by atoms with Crippen molar-refractivity contribution < 1.29 is 9.90 Å². The number of hydrogen-bond acceptors (Lipinski definition) is 6. The Morgan fingerprint density at radius 3 is 2.47 bits per heavy atom. The van der Waals surface area contributed by atoms with Crippen LogP contribution >= 0.6 is 23.2 Å². The first-order chi connectivity index (χ1) is 16.3. The summed E-state index contributed by atoms with van der Waals surface area (Å²) >= 11 is 12.3. The van der Waals surface area contributed by atoms with Crippen LogP contribution in [-0.4, -0.2) is 43.5 Å². The van der Waals surface area contributed by atoms with Gasteiger partial charge in [-0.2, -0.15) is 10.1 Å². The molecule has 2 heterocycles. The van der Waals surface area contributed by atoms with Gasteiger partial charge < -0.3 is 16.2 Å². The fraction of sp³-hybridized carbons (Fsp3) is 0.130. The summed E-state index contributed by atoms with van der Waals surface area (Å²) in [6, 6.07) is 13.5. The van der Waals surface area contributed by atoms with Crippen LogP contribution in [0, 0.1) is 6.92 Å². The van der Waals surface area contributed by atoms with Crippen LogP contribution in [-0.2, 0) is 0 Å². The molecule has 0 unspecified atom stereocenters. The number of nitrogens with two attached hydrogens (primary N) is 1. The van der Waals surface area contributed by atoms with Crippen LogP contribution in [0.4, 0.5) is 5.82 Å². The number of halogens is 2. The molecule has 2 aromatic heterocycles. The maximum atomic E-state index is 12.8. The number of rotatable bonds is 6. The van der Waals surface area contributed by atoms with Crippen LogP contribution in [0.25, 0.3) is 22.6 Å². The minimum atomic E-state index is -0.596. The highest BCUT2D eigenvalue weighted by atomic mass is 35.5. The molecule has 34 heavy (non-hydrogen) atoms. The highest BCUT2D eigenvalue weighted by molar-refractivity contribution is 6.31. The van der Waals surface area contributed by atoms with Crippen LogP contribution in [0.1, 0.15) is 16.1 Å². The number of nitrogens with one attached hydrogen (secondary N) is 1. The number of anilines is 1. The van der Waals surface area contributed by atoms with Crippen molar-refractivity contribution in [3.05, 3.63) is 86.5 Å². The summed E-state index contributed by atoms with van der Waals surface area (Å²) in [4.78, 5) is 29.2. The third-order valence-electron chi connectivity index (χ3n) is 5.10. The topological polar surface area (TPSA) is 128 Å². The van der Waals surface area contributed by atoms with Gasteiger partial charge in [0.05, 0.1) is 23.7 Å². The van der Waals surface area contributed by atoms with Crippen molar-refractivity contribution in [3.63, 3.8) is 0 Å². The van der Waals surface area contributed by atoms with Crippen molar-refractivity contribution in [2.45, 2.75) is 6.92 Å². The minimum Gasteiger partial charge on any atom is -0.395 e. The second kappa shape index (κ2) is 9.68. The van der Waals surface area contributed by atoms with Gasteiger partial charge in [-0.25, -0.2) is 9.48 Å². The van der Waals surface area contributed by atoms with E-state index in [-0.39, 0.29) is 24.7 Å². The molecular formula is C23H20Cl2N6O3. The van der Waals surface area contributed by atoms with Crippen LogP contribution in [0.2, 0.25) is 10.0 Å². The Bertz CT molecular complexity index is 1430. The number of aliphatic hydroxyl groups is 1. The van der Waals surface area contributed by atoms with Crippen LogP contribution in [0.15, 0.2) is 59.5 Å². The molecule has 4 N–H and O–H groups in total. The van der Waals surface area contributed by atoms with E-state index in [0.717, 1.165) is 5.56 Å². The smallest absolute Gasteiger partial charge is 0.354 e. The first kappa shape index (κ1) is 23.5. The standard InChI is InChI=1S/C23H20Cl2N6O3/c1-13-20(22(33)27-9-11-32)29-31(21(13)14-2-4-15(24)5-3-14)17-7-6-16(25)12-18(17)30-10-8-19(26)28-23(30)34/h2-8,10,12,32H,9,11H2,1H3,(H,27,33)(H2,26,28,34). The van der Waals surface area contributed by atoms with E-state index in [1.807, 2.05) is 12.1 Å². The first-order valence-corrected chi connectivity index (χ1v) is 11.0. The zero-order chi connectivity index (χ0) is 24.4. The number of aliphatic hydroxyl groups excluding tert-OH is 1. The molecule has 0 radical (unpaired) electrons. The highest BCUT2D eigenvalue weighted by Crippen LogP contribution is 2.32. The largest absolute Gasteiger partial charge is 0.395 e. The maximum Gasteiger partial charge on any atom is 0.354 e. The van der Waals surface area contributed by atoms with Gasteiger partial charge in [-0.15, -0.1) is 0 Å². The third kappa shape index (κ3) is 4.54. The molecule has 2 aromatic carbocycles. The number of nitrogens with zero attached hydrogens (tertiary/aromatic N) is 4. The van der Waals surface area contributed by atoms with Crippen molar-refractivity contribution in [1.82, 2.24) is 24.6 Å². The summed E-state index contributed by atoms with van der Waals surface area (Å²) in [5.41, 5.74) is 8.06. The van der Waals surface area contributed by atoms with Crippen LogP contribution in [0.5, 0.6) is 0 Å². The molecule has 0 saturated heterocycles. The average molecular weight is 499 g/mol. The van der Waals surface area contributed by atoms with E-state index in [2.05, 4.69) is 15.4 Å². The molecule has 0 aliphatic rings. The molecule has 4 aromatic rings. The van der Waals surface area contributed by atoms with E-state index < -0.39 is 11.6 Å². The Hall–Kier alpha value is -3.66. The Kier molecular flexibility index (Phi) is 6.69. The molecule has 11 heteroatoms. The number of carbonyl (C=O) groups is 1.